The van der Waals surface area contributed by atoms with Crippen molar-refractivity contribution in [3.05, 3.63) is 28.8 Å². The largest absolute Gasteiger partial charge is 0.462 e. The fraction of sp³-hybridized carbons (Fsp3) is 0.562. The molecule has 0 saturated carbocycles. The highest BCUT2D eigenvalue weighted by molar-refractivity contribution is 6.32. The van der Waals surface area contributed by atoms with Crippen LogP contribution in [0.3, 0.4) is 0 Å². The summed E-state index contributed by atoms with van der Waals surface area (Å²) in [6.07, 6.45) is 2.72. The van der Waals surface area contributed by atoms with E-state index in [4.69, 9.17) is 11.6 Å². The van der Waals surface area contributed by atoms with E-state index in [0.717, 1.165) is 38.2 Å². The fourth-order valence-electron chi connectivity index (χ4n) is 1.96. The van der Waals surface area contributed by atoms with Gasteiger partial charge in [0.05, 0.1) is 11.8 Å². The average molecular weight is 360 g/mol. The predicted molar refractivity (Wildman–Crippen MR) is 89.5 cm³/mol. The minimum atomic E-state index is -0.565. The van der Waals surface area contributed by atoms with E-state index in [1.807, 2.05) is 20.8 Å². The number of hydrogen-bond acceptors (Lipinski definition) is 5. The van der Waals surface area contributed by atoms with Gasteiger partial charge in [-0.2, -0.15) is 0 Å². The van der Waals surface area contributed by atoms with Gasteiger partial charge in [0.25, 0.3) is 12.4 Å². The number of nitrogens with one attached hydrogen (secondary N) is 2. The lowest BCUT2D eigenvalue weighted by atomic mass is 10.1. The first-order valence-corrected chi connectivity index (χ1v) is 8.05. The Balaban J connectivity index is 0.000000351. The molecule has 0 aliphatic carbocycles. The second-order valence-electron chi connectivity index (χ2n) is 6.32. The Morgan fingerprint density at radius 3 is 2.58 bits per heavy atom. The van der Waals surface area contributed by atoms with Gasteiger partial charge < -0.3 is 15.4 Å². The van der Waals surface area contributed by atoms with Crippen molar-refractivity contribution in [2.24, 2.45) is 0 Å². The molecule has 1 aromatic heterocycles. The molecule has 0 bridgehead atoms. The van der Waals surface area contributed by atoms with E-state index < -0.39 is 5.82 Å². The zero-order valence-electron chi connectivity index (χ0n) is 14.1. The summed E-state index contributed by atoms with van der Waals surface area (Å²) in [6, 6.07) is 1.22. The lowest BCUT2D eigenvalue weighted by molar-refractivity contribution is -0.138. The summed E-state index contributed by atoms with van der Waals surface area (Å²) >= 11 is 5.76. The summed E-state index contributed by atoms with van der Waals surface area (Å²) in [7, 11) is 0. The molecule has 0 spiro atoms. The Bertz CT molecular complexity index is 558. The van der Waals surface area contributed by atoms with Gasteiger partial charge in [0.15, 0.2) is 0 Å². The number of ether oxygens (including phenoxy) is 1. The van der Waals surface area contributed by atoms with Crippen molar-refractivity contribution in [1.29, 1.82) is 0 Å². The van der Waals surface area contributed by atoms with Crippen LogP contribution in [0.15, 0.2) is 12.3 Å². The van der Waals surface area contributed by atoms with Crippen molar-refractivity contribution < 1.29 is 18.7 Å². The maximum absolute atomic E-state index is 13.0. The summed E-state index contributed by atoms with van der Waals surface area (Å²) in [5.74, 6) is -0.932. The third kappa shape index (κ3) is 7.70. The smallest absolute Gasteiger partial charge is 0.293 e. The Kier molecular flexibility index (Phi) is 8.07. The van der Waals surface area contributed by atoms with Gasteiger partial charge in [-0.1, -0.05) is 11.6 Å². The standard InChI is InChI=1S/C11H13ClFN3O.C5H10O2/c12-10-9(5-7(13)6-15-10)11(17)16-8-1-3-14-4-2-8;1-5(2,3)7-4-6/h5-6,8,14H,1-4H2,(H,16,17);4H,1-3H3. The van der Waals surface area contributed by atoms with E-state index in [-0.39, 0.29) is 28.3 Å². The number of hydrogen-bond donors (Lipinski definition) is 2. The Hall–Kier alpha value is -1.73. The number of halogens is 2. The van der Waals surface area contributed by atoms with Crippen molar-refractivity contribution in [3.8, 4) is 0 Å². The van der Waals surface area contributed by atoms with Gasteiger partial charge in [-0.15, -0.1) is 0 Å². The van der Waals surface area contributed by atoms with Gasteiger partial charge in [0, 0.05) is 6.04 Å². The molecule has 0 atom stereocenters. The SMILES string of the molecule is CC(C)(C)OC=O.O=C(NC1CCNCC1)c1cc(F)cnc1Cl. The van der Waals surface area contributed by atoms with Crippen LogP contribution >= 0.6 is 11.6 Å². The van der Waals surface area contributed by atoms with Crippen LogP contribution in [-0.2, 0) is 9.53 Å². The monoisotopic (exact) mass is 359 g/mol. The molecule has 1 aliphatic rings. The van der Waals surface area contributed by atoms with E-state index in [2.05, 4.69) is 20.4 Å². The van der Waals surface area contributed by atoms with Crippen molar-refractivity contribution in [2.45, 2.75) is 45.3 Å². The predicted octanol–water partition coefficient (Wildman–Crippen LogP) is 2.31. The minimum Gasteiger partial charge on any atom is -0.462 e. The molecule has 134 valence electrons. The van der Waals surface area contributed by atoms with Crippen LogP contribution in [0.1, 0.15) is 44.0 Å². The van der Waals surface area contributed by atoms with Crippen molar-refractivity contribution >= 4 is 24.0 Å². The second kappa shape index (κ2) is 9.54. The van der Waals surface area contributed by atoms with Gasteiger partial charge in [-0.05, 0) is 52.8 Å². The molecule has 2 heterocycles. The zero-order valence-corrected chi connectivity index (χ0v) is 14.8. The summed E-state index contributed by atoms with van der Waals surface area (Å²) in [5.41, 5.74) is -0.230. The van der Waals surface area contributed by atoms with Crippen LogP contribution in [0.5, 0.6) is 0 Å². The molecule has 6 nitrogen and oxygen atoms in total. The van der Waals surface area contributed by atoms with Crippen molar-refractivity contribution in [1.82, 2.24) is 15.6 Å². The normalized spacial score (nSPS) is 15.0. The Labute approximate surface area is 146 Å². The first kappa shape index (κ1) is 20.3. The summed E-state index contributed by atoms with van der Waals surface area (Å²) in [4.78, 5) is 25.1. The molecule has 0 radical (unpaired) electrons. The zero-order chi connectivity index (χ0) is 18.2. The van der Waals surface area contributed by atoms with E-state index in [1.165, 1.54) is 0 Å². The van der Waals surface area contributed by atoms with Crippen molar-refractivity contribution in [2.75, 3.05) is 13.1 Å². The number of carbonyl (C=O) groups is 2. The number of nitrogens with zero attached hydrogens (tertiary/aromatic N) is 1. The van der Waals surface area contributed by atoms with Gasteiger partial charge in [0.2, 0.25) is 0 Å². The lowest BCUT2D eigenvalue weighted by Gasteiger charge is -2.23. The second-order valence-corrected chi connectivity index (χ2v) is 6.67. The minimum absolute atomic E-state index is 0.0258. The van der Waals surface area contributed by atoms with Gasteiger partial charge in [0.1, 0.15) is 16.6 Å². The summed E-state index contributed by atoms with van der Waals surface area (Å²) in [5, 5.41) is 6.06. The van der Waals surface area contributed by atoms with Crippen molar-refractivity contribution in [3.63, 3.8) is 0 Å². The number of amides is 1. The molecule has 24 heavy (non-hydrogen) atoms. The first-order chi connectivity index (χ1) is 11.2. The van der Waals surface area contributed by atoms with Crippen LogP contribution < -0.4 is 10.6 Å². The fourth-order valence-corrected chi connectivity index (χ4v) is 2.14. The van der Waals surface area contributed by atoms with E-state index >= 15 is 0 Å². The summed E-state index contributed by atoms with van der Waals surface area (Å²) < 4.78 is 17.5. The molecule has 1 amide bonds. The molecular formula is C16H23ClFN3O3. The highest BCUT2D eigenvalue weighted by atomic mass is 35.5. The third-order valence-electron chi connectivity index (χ3n) is 3.13. The average Bonchev–Trinajstić information content (AvgIpc) is 2.50. The van der Waals surface area contributed by atoms with E-state index in [0.29, 0.717) is 6.47 Å². The Morgan fingerprint density at radius 1 is 1.46 bits per heavy atom. The lowest BCUT2D eigenvalue weighted by Crippen LogP contribution is -2.42. The number of pyridine rings is 1. The quantitative estimate of drug-likeness (QED) is 0.639. The summed E-state index contributed by atoms with van der Waals surface area (Å²) in [6.45, 7) is 7.67. The van der Waals surface area contributed by atoms with E-state index in [1.54, 1.807) is 0 Å². The van der Waals surface area contributed by atoms with Crippen LogP contribution in [0.25, 0.3) is 0 Å². The van der Waals surface area contributed by atoms with Gasteiger partial charge in [-0.25, -0.2) is 9.37 Å². The van der Waals surface area contributed by atoms with Crippen LogP contribution in [-0.4, -0.2) is 42.1 Å². The van der Waals surface area contributed by atoms with Gasteiger partial charge >= 0.3 is 0 Å². The maximum Gasteiger partial charge on any atom is 0.293 e. The van der Waals surface area contributed by atoms with Crippen LogP contribution in [0.4, 0.5) is 4.39 Å². The number of piperidine rings is 1. The third-order valence-corrected chi connectivity index (χ3v) is 3.43. The molecule has 8 heteroatoms. The topological polar surface area (TPSA) is 80.3 Å². The number of rotatable bonds is 3. The first-order valence-electron chi connectivity index (χ1n) is 7.67. The Morgan fingerprint density at radius 2 is 2.08 bits per heavy atom. The maximum atomic E-state index is 13.0. The molecule has 0 unspecified atom stereocenters. The molecule has 1 aromatic rings. The van der Waals surface area contributed by atoms with Crippen LogP contribution in [0, 0.1) is 5.82 Å². The number of aromatic nitrogens is 1. The molecule has 1 aliphatic heterocycles. The molecule has 2 N–H and O–H groups in total. The van der Waals surface area contributed by atoms with Crippen LogP contribution in [0.2, 0.25) is 5.15 Å². The number of carbonyl (C=O) groups excluding carboxylic acids is 2. The highest BCUT2D eigenvalue weighted by Gasteiger charge is 2.18. The molecule has 1 saturated heterocycles. The molecular weight excluding hydrogens is 337 g/mol. The van der Waals surface area contributed by atoms with Gasteiger partial charge in [-0.3, -0.25) is 9.59 Å². The molecule has 2 rings (SSSR count). The molecule has 0 aromatic carbocycles. The highest BCUT2D eigenvalue weighted by Crippen LogP contribution is 2.14. The molecule has 1 fully saturated rings. The van der Waals surface area contributed by atoms with E-state index in [9.17, 15) is 14.0 Å².